The third-order valence-electron chi connectivity index (χ3n) is 5.22. The highest BCUT2D eigenvalue weighted by atomic mass is 16.2. The fraction of sp³-hybridized carbons (Fsp3) is 0.632. The van der Waals surface area contributed by atoms with E-state index >= 15 is 0 Å². The Kier molecular flexibility index (Phi) is 4.53. The van der Waals surface area contributed by atoms with Crippen LogP contribution in [0.3, 0.4) is 0 Å². The third kappa shape index (κ3) is 2.79. The van der Waals surface area contributed by atoms with Crippen molar-refractivity contribution in [2.75, 3.05) is 25.0 Å². The zero-order valence-electron chi connectivity index (χ0n) is 14.1. The highest BCUT2D eigenvalue weighted by Crippen LogP contribution is 2.45. The van der Waals surface area contributed by atoms with Crippen molar-refractivity contribution in [3.8, 4) is 0 Å². The molecule has 1 aromatic carbocycles. The van der Waals surface area contributed by atoms with Gasteiger partial charge in [0.15, 0.2) is 0 Å². The van der Waals surface area contributed by atoms with Gasteiger partial charge in [-0.2, -0.15) is 0 Å². The van der Waals surface area contributed by atoms with E-state index in [-0.39, 0.29) is 0 Å². The molecular weight excluding hydrogens is 272 g/mol. The molecule has 2 heterocycles. The van der Waals surface area contributed by atoms with Crippen LogP contribution in [0.25, 0.3) is 0 Å². The van der Waals surface area contributed by atoms with E-state index in [1.54, 1.807) is 0 Å². The van der Waals surface area contributed by atoms with E-state index in [4.69, 9.17) is 0 Å². The maximum atomic E-state index is 12.8. The number of rotatable bonds is 4. The van der Waals surface area contributed by atoms with Gasteiger partial charge in [0.25, 0.3) is 0 Å². The number of hydrogen-bond donors (Lipinski definition) is 0. The van der Waals surface area contributed by atoms with E-state index < -0.39 is 0 Å². The number of benzene rings is 1. The van der Waals surface area contributed by atoms with Crippen LogP contribution in [0.15, 0.2) is 18.2 Å². The van der Waals surface area contributed by atoms with Crippen molar-refractivity contribution < 1.29 is 4.79 Å². The van der Waals surface area contributed by atoms with Gasteiger partial charge in [-0.25, -0.2) is 0 Å². The molecule has 2 aliphatic rings. The van der Waals surface area contributed by atoms with E-state index in [0.717, 1.165) is 32.4 Å². The van der Waals surface area contributed by atoms with E-state index in [0.29, 0.717) is 24.3 Å². The molecule has 0 N–H and O–H groups in total. The predicted octanol–water partition coefficient (Wildman–Crippen LogP) is 3.71. The van der Waals surface area contributed by atoms with Crippen molar-refractivity contribution >= 4 is 11.6 Å². The molecule has 0 aliphatic carbocycles. The first-order valence-corrected chi connectivity index (χ1v) is 8.73. The summed E-state index contributed by atoms with van der Waals surface area (Å²) in [4.78, 5) is 17.4. The first kappa shape index (κ1) is 15.5. The molecule has 2 aliphatic heterocycles. The summed E-state index contributed by atoms with van der Waals surface area (Å²) in [6.07, 6.45) is 5.12. The van der Waals surface area contributed by atoms with Crippen LogP contribution in [0.5, 0.6) is 0 Å². The molecule has 22 heavy (non-hydrogen) atoms. The Bertz CT molecular complexity index is 554. The lowest BCUT2D eigenvalue weighted by Gasteiger charge is -2.36. The summed E-state index contributed by atoms with van der Waals surface area (Å²) in [6.45, 7) is 6.49. The minimum absolute atomic E-state index is 0.329. The summed E-state index contributed by atoms with van der Waals surface area (Å²) in [5.74, 6) is 0.819. The number of anilines is 1. The molecule has 1 fully saturated rings. The zero-order valence-corrected chi connectivity index (χ0v) is 14.1. The Morgan fingerprint density at radius 2 is 2.14 bits per heavy atom. The van der Waals surface area contributed by atoms with Crippen molar-refractivity contribution in [2.45, 2.75) is 57.9 Å². The molecule has 1 amide bonds. The maximum absolute atomic E-state index is 12.8. The van der Waals surface area contributed by atoms with Crippen LogP contribution in [-0.4, -0.2) is 37.0 Å². The van der Waals surface area contributed by atoms with Gasteiger partial charge in [0, 0.05) is 30.6 Å². The SMILES string of the molecule is CCCCCC(=O)N1c2ccc(C)cc2[C@H]2CN(C)CC[C@H]21. The first-order chi connectivity index (χ1) is 10.6. The first-order valence-electron chi connectivity index (χ1n) is 8.73. The lowest BCUT2D eigenvalue weighted by Crippen LogP contribution is -2.47. The molecule has 120 valence electrons. The quantitative estimate of drug-likeness (QED) is 0.791. The standard InChI is InChI=1S/C19H28N2O/c1-4-5-6-7-19(22)21-17-9-8-14(2)12-15(17)16-13-20(3)11-10-18(16)21/h8-9,12,16,18H,4-7,10-11,13H2,1-3H3/t16-,18-/m1/s1. The molecular formula is C19H28N2O. The monoisotopic (exact) mass is 300 g/mol. The number of amides is 1. The fourth-order valence-corrected chi connectivity index (χ4v) is 4.05. The number of piperidine rings is 1. The van der Waals surface area contributed by atoms with E-state index in [1.165, 1.54) is 23.2 Å². The second-order valence-corrected chi connectivity index (χ2v) is 7.01. The zero-order chi connectivity index (χ0) is 15.7. The third-order valence-corrected chi connectivity index (χ3v) is 5.22. The van der Waals surface area contributed by atoms with Crippen molar-refractivity contribution in [3.63, 3.8) is 0 Å². The Morgan fingerprint density at radius 1 is 1.32 bits per heavy atom. The summed E-state index contributed by atoms with van der Waals surface area (Å²) in [5.41, 5.74) is 3.86. The van der Waals surface area contributed by atoms with Gasteiger partial charge in [-0.05, 0) is 45.0 Å². The average Bonchev–Trinajstić information content (AvgIpc) is 2.80. The topological polar surface area (TPSA) is 23.6 Å². The highest BCUT2D eigenvalue weighted by molar-refractivity contribution is 5.96. The molecule has 0 aromatic heterocycles. The van der Waals surface area contributed by atoms with Crippen LogP contribution in [0, 0.1) is 6.92 Å². The number of likely N-dealkylation sites (N-methyl/N-ethyl adjacent to an activating group) is 1. The van der Waals surface area contributed by atoms with Gasteiger partial charge in [0.05, 0.1) is 0 Å². The molecule has 0 spiro atoms. The van der Waals surface area contributed by atoms with E-state index in [1.807, 2.05) is 0 Å². The maximum Gasteiger partial charge on any atom is 0.227 e. The molecule has 0 unspecified atom stereocenters. The second kappa shape index (κ2) is 6.41. The molecule has 0 saturated carbocycles. The summed E-state index contributed by atoms with van der Waals surface area (Å²) >= 11 is 0. The Labute approximate surface area is 134 Å². The van der Waals surface area contributed by atoms with Crippen LogP contribution in [-0.2, 0) is 4.79 Å². The summed E-state index contributed by atoms with van der Waals surface area (Å²) in [6, 6.07) is 6.99. The summed E-state index contributed by atoms with van der Waals surface area (Å²) < 4.78 is 0. The molecule has 3 rings (SSSR count). The fourth-order valence-electron chi connectivity index (χ4n) is 4.05. The number of likely N-dealkylation sites (tertiary alicyclic amines) is 1. The number of carbonyl (C=O) groups is 1. The lowest BCUT2D eigenvalue weighted by molar-refractivity contribution is -0.119. The van der Waals surface area contributed by atoms with Gasteiger partial charge in [0.1, 0.15) is 0 Å². The smallest absolute Gasteiger partial charge is 0.227 e. The predicted molar refractivity (Wildman–Crippen MR) is 91.5 cm³/mol. The van der Waals surface area contributed by atoms with E-state index in [2.05, 4.69) is 48.9 Å². The number of unbranched alkanes of at least 4 members (excludes halogenated alkanes) is 2. The number of carbonyl (C=O) groups excluding carboxylic acids is 1. The van der Waals surface area contributed by atoms with Crippen molar-refractivity contribution in [1.29, 1.82) is 0 Å². The Morgan fingerprint density at radius 3 is 2.91 bits per heavy atom. The highest BCUT2D eigenvalue weighted by Gasteiger charge is 2.43. The largest absolute Gasteiger partial charge is 0.308 e. The number of aryl methyl sites for hydroxylation is 1. The molecule has 2 atom stereocenters. The van der Waals surface area contributed by atoms with Crippen LogP contribution in [0.2, 0.25) is 0 Å². The molecule has 3 heteroatoms. The van der Waals surface area contributed by atoms with Gasteiger partial charge in [-0.3, -0.25) is 4.79 Å². The van der Waals surface area contributed by atoms with Gasteiger partial charge in [-0.15, -0.1) is 0 Å². The number of nitrogens with zero attached hydrogens (tertiary/aromatic N) is 2. The summed E-state index contributed by atoms with van der Waals surface area (Å²) in [5, 5.41) is 0. The molecule has 1 aromatic rings. The van der Waals surface area contributed by atoms with Gasteiger partial charge < -0.3 is 9.80 Å². The van der Waals surface area contributed by atoms with Crippen molar-refractivity contribution in [3.05, 3.63) is 29.3 Å². The van der Waals surface area contributed by atoms with E-state index in [9.17, 15) is 4.79 Å². The Hall–Kier alpha value is -1.35. The minimum atomic E-state index is 0.329. The second-order valence-electron chi connectivity index (χ2n) is 7.01. The molecule has 1 saturated heterocycles. The minimum Gasteiger partial charge on any atom is -0.308 e. The van der Waals surface area contributed by atoms with Gasteiger partial charge in [0.2, 0.25) is 5.91 Å². The number of fused-ring (bicyclic) bond motifs is 3. The van der Waals surface area contributed by atoms with Crippen LogP contribution in [0.1, 0.15) is 56.1 Å². The summed E-state index contributed by atoms with van der Waals surface area (Å²) in [7, 11) is 2.19. The normalized spacial score (nSPS) is 24.2. The molecule has 0 radical (unpaired) electrons. The van der Waals surface area contributed by atoms with Crippen LogP contribution < -0.4 is 4.90 Å². The average molecular weight is 300 g/mol. The van der Waals surface area contributed by atoms with Crippen LogP contribution in [0.4, 0.5) is 5.69 Å². The Balaban J connectivity index is 1.88. The number of hydrogen-bond acceptors (Lipinski definition) is 2. The van der Waals surface area contributed by atoms with Crippen molar-refractivity contribution in [2.24, 2.45) is 0 Å². The van der Waals surface area contributed by atoms with Crippen molar-refractivity contribution in [1.82, 2.24) is 4.90 Å². The van der Waals surface area contributed by atoms with Crippen LogP contribution >= 0.6 is 0 Å². The lowest BCUT2D eigenvalue weighted by atomic mass is 9.89. The van der Waals surface area contributed by atoms with Gasteiger partial charge in [-0.1, -0.05) is 37.5 Å². The molecule has 0 bridgehead atoms. The van der Waals surface area contributed by atoms with Gasteiger partial charge >= 0.3 is 0 Å². The molecule has 3 nitrogen and oxygen atoms in total.